The molecule has 12 heavy (non-hydrogen) atoms. The molecule has 0 aromatic heterocycles. The van der Waals surface area contributed by atoms with Crippen LogP contribution in [0.2, 0.25) is 0 Å². The molecule has 1 aromatic rings. The Hall–Kier alpha value is -1.45. The minimum Gasteiger partial charge on any atom is -0.504 e. The average Bonchev–Trinajstić information content (AvgIpc) is 2.04. The first-order valence-electron chi connectivity index (χ1n) is 3.55. The highest BCUT2D eigenvalue weighted by atomic mass is 19.1. The Morgan fingerprint density at radius 2 is 2.00 bits per heavy atom. The van der Waals surface area contributed by atoms with E-state index in [0.717, 1.165) is 6.07 Å². The molecule has 0 atom stereocenters. The predicted octanol–water partition coefficient (Wildman–Crippen LogP) is 1.30. The van der Waals surface area contributed by atoms with E-state index >= 15 is 0 Å². The Kier molecular flexibility index (Phi) is 1.53. The monoisotopic (exact) mass is 170 g/mol. The van der Waals surface area contributed by atoms with Crippen LogP contribution in [0.4, 0.5) is 4.39 Å². The first kappa shape index (κ1) is 7.21. The minimum absolute atomic E-state index is 0.218. The van der Waals surface area contributed by atoms with Gasteiger partial charge in [-0.05, 0) is 0 Å². The number of hydrogen-bond donors (Lipinski definition) is 1. The van der Waals surface area contributed by atoms with Gasteiger partial charge < -0.3 is 14.6 Å². The summed E-state index contributed by atoms with van der Waals surface area (Å²) < 4.78 is 22.8. The second kappa shape index (κ2) is 2.55. The number of aromatic hydroxyl groups is 1. The third kappa shape index (κ3) is 1.05. The Morgan fingerprint density at radius 1 is 1.25 bits per heavy atom. The number of benzene rings is 1. The zero-order valence-corrected chi connectivity index (χ0v) is 6.21. The van der Waals surface area contributed by atoms with Crippen molar-refractivity contribution in [1.29, 1.82) is 0 Å². The zero-order valence-electron chi connectivity index (χ0n) is 6.21. The summed E-state index contributed by atoms with van der Waals surface area (Å²) in [5, 5.41) is 9.19. The van der Waals surface area contributed by atoms with Crippen molar-refractivity contribution in [3.05, 3.63) is 17.9 Å². The summed E-state index contributed by atoms with van der Waals surface area (Å²) in [5.41, 5.74) is 0. The van der Waals surface area contributed by atoms with Crippen LogP contribution in [0.25, 0.3) is 0 Å². The van der Waals surface area contributed by atoms with E-state index in [1.165, 1.54) is 6.07 Å². The number of fused-ring (bicyclic) bond motifs is 1. The van der Waals surface area contributed by atoms with E-state index < -0.39 is 5.82 Å². The fourth-order valence-corrected chi connectivity index (χ4v) is 1.10. The van der Waals surface area contributed by atoms with E-state index in [9.17, 15) is 9.50 Å². The second-order valence-electron chi connectivity index (χ2n) is 2.45. The van der Waals surface area contributed by atoms with Crippen LogP contribution in [0.15, 0.2) is 12.1 Å². The van der Waals surface area contributed by atoms with Gasteiger partial charge in [-0.1, -0.05) is 0 Å². The Bertz CT molecular complexity index is 311. The summed E-state index contributed by atoms with van der Waals surface area (Å²) in [6, 6.07) is 2.18. The van der Waals surface area contributed by atoms with Crippen molar-refractivity contribution >= 4 is 0 Å². The summed E-state index contributed by atoms with van der Waals surface area (Å²) in [7, 11) is 0. The molecule has 1 heterocycles. The lowest BCUT2D eigenvalue weighted by molar-refractivity contribution is 0.164. The van der Waals surface area contributed by atoms with Crippen LogP contribution in [0.3, 0.4) is 0 Å². The van der Waals surface area contributed by atoms with E-state index in [0.29, 0.717) is 13.2 Å². The van der Waals surface area contributed by atoms with Gasteiger partial charge in [-0.15, -0.1) is 0 Å². The largest absolute Gasteiger partial charge is 0.504 e. The fraction of sp³-hybridized carbons (Fsp3) is 0.250. The van der Waals surface area contributed by atoms with Gasteiger partial charge in [0, 0.05) is 12.1 Å². The molecule has 0 fully saturated rings. The fourth-order valence-electron chi connectivity index (χ4n) is 1.10. The van der Waals surface area contributed by atoms with Crippen LogP contribution in [-0.2, 0) is 0 Å². The maximum atomic E-state index is 12.7. The van der Waals surface area contributed by atoms with Crippen molar-refractivity contribution < 1.29 is 19.0 Å². The van der Waals surface area contributed by atoms with Crippen molar-refractivity contribution in [3.63, 3.8) is 0 Å². The van der Waals surface area contributed by atoms with Gasteiger partial charge >= 0.3 is 0 Å². The van der Waals surface area contributed by atoms with E-state index in [4.69, 9.17) is 9.47 Å². The SMILES string of the molecule is Oc1cc(F)cc2c1OCCO2. The van der Waals surface area contributed by atoms with Crippen molar-refractivity contribution in [1.82, 2.24) is 0 Å². The molecular weight excluding hydrogens is 163 g/mol. The molecule has 64 valence electrons. The van der Waals surface area contributed by atoms with Gasteiger partial charge in [0.25, 0.3) is 0 Å². The van der Waals surface area contributed by atoms with Gasteiger partial charge in [0.15, 0.2) is 11.5 Å². The maximum absolute atomic E-state index is 12.7. The van der Waals surface area contributed by atoms with E-state index in [1.807, 2.05) is 0 Å². The van der Waals surface area contributed by atoms with Gasteiger partial charge in [0.1, 0.15) is 19.0 Å². The summed E-state index contributed by atoms with van der Waals surface area (Å²) in [5.74, 6) is -0.261. The molecule has 1 aliphatic rings. The van der Waals surface area contributed by atoms with Crippen LogP contribution in [0.1, 0.15) is 0 Å². The Labute approximate surface area is 68.3 Å². The van der Waals surface area contributed by atoms with Gasteiger partial charge in [-0.3, -0.25) is 0 Å². The quantitative estimate of drug-likeness (QED) is 0.637. The molecule has 0 aliphatic carbocycles. The van der Waals surface area contributed by atoms with Crippen LogP contribution in [0, 0.1) is 5.82 Å². The molecular formula is C8H7FO3. The zero-order chi connectivity index (χ0) is 8.55. The lowest BCUT2D eigenvalue weighted by atomic mass is 10.2. The lowest BCUT2D eigenvalue weighted by Crippen LogP contribution is -2.15. The predicted molar refractivity (Wildman–Crippen MR) is 39.1 cm³/mol. The molecule has 0 bridgehead atoms. The number of rotatable bonds is 0. The normalized spacial score (nSPS) is 14.4. The van der Waals surface area contributed by atoms with Gasteiger partial charge in [0.05, 0.1) is 0 Å². The van der Waals surface area contributed by atoms with Gasteiger partial charge in [-0.25, -0.2) is 4.39 Å². The summed E-state index contributed by atoms with van der Waals surface area (Å²) in [4.78, 5) is 0. The summed E-state index contributed by atoms with van der Waals surface area (Å²) in [6.45, 7) is 0.766. The summed E-state index contributed by atoms with van der Waals surface area (Å²) >= 11 is 0. The number of ether oxygens (including phenoxy) is 2. The van der Waals surface area contributed by atoms with Crippen LogP contribution in [0.5, 0.6) is 17.2 Å². The molecule has 4 heteroatoms. The third-order valence-electron chi connectivity index (χ3n) is 1.59. The van der Waals surface area contributed by atoms with Crippen LogP contribution < -0.4 is 9.47 Å². The topological polar surface area (TPSA) is 38.7 Å². The highest BCUT2D eigenvalue weighted by Crippen LogP contribution is 2.38. The number of hydrogen-bond acceptors (Lipinski definition) is 3. The molecule has 1 N–H and O–H groups in total. The number of phenols is 1. The first-order chi connectivity index (χ1) is 5.77. The number of halogens is 1. The van der Waals surface area contributed by atoms with Crippen molar-refractivity contribution in [2.24, 2.45) is 0 Å². The van der Waals surface area contributed by atoms with Gasteiger partial charge in [0.2, 0.25) is 5.75 Å². The molecule has 1 aromatic carbocycles. The first-order valence-corrected chi connectivity index (χ1v) is 3.55. The van der Waals surface area contributed by atoms with Crippen molar-refractivity contribution in [3.8, 4) is 17.2 Å². The average molecular weight is 170 g/mol. The highest BCUT2D eigenvalue weighted by Gasteiger charge is 2.16. The Balaban J connectivity index is 2.53. The third-order valence-corrected chi connectivity index (χ3v) is 1.59. The molecule has 0 saturated carbocycles. The van der Waals surface area contributed by atoms with Crippen LogP contribution in [-0.4, -0.2) is 18.3 Å². The summed E-state index contributed by atoms with van der Waals surface area (Å²) in [6.07, 6.45) is 0. The molecule has 0 saturated heterocycles. The van der Waals surface area contributed by atoms with Crippen molar-refractivity contribution in [2.45, 2.75) is 0 Å². The maximum Gasteiger partial charge on any atom is 0.203 e. The standard InChI is InChI=1S/C8H7FO3/c9-5-3-6(10)8-7(4-5)11-1-2-12-8/h3-4,10H,1-2H2. The van der Waals surface area contributed by atoms with E-state index in [-0.39, 0.29) is 17.2 Å². The number of phenolic OH excluding ortho intramolecular Hbond substituents is 1. The molecule has 3 nitrogen and oxygen atoms in total. The lowest BCUT2D eigenvalue weighted by Gasteiger charge is -2.18. The van der Waals surface area contributed by atoms with E-state index in [2.05, 4.69) is 0 Å². The minimum atomic E-state index is -0.531. The van der Waals surface area contributed by atoms with Gasteiger partial charge in [-0.2, -0.15) is 0 Å². The van der Waals surface area contributed by atoms with E-state index in [1.54, 1.807) is 0 Å². The van der Waals surface area contributed by atoms with Crippen molar-refractivity contribution in [2.75, 3.05) is 13.2 Å². The smallest absolute Gasteiger partial charge is 0.203 e. The second-order valence-corrected chi connectivity index (χ2v) is 2.45. The molecule has 2 rings (SSSR count). The molecule has 0 amide bonds. The molecule has 0 radical (unpaired) electrons. The molecule has 1 aliphatic heterocycles. The molecule has 0 unspecified atom stereocenters. The van der Waals surface area contributed by atoms with Crippen LogP contribution >= 0.6 is 0 Å². The Morgan fingerprint density at radius 3 is 2.83 bits per heavy atom. The molecule has 0 spiro atoms. The highest BCUT2D eigenvalue weighted by molar-refractivity contribution is 5.51.